The van der Waals surface area contributed by atoms with Gasteiger partial charge in [0, 0.05) is 13.1 Å². The van der Waals surface area contributed by atoms with E-state index in [1.54, 1.807) is 24.0 Å². The summed E-state index contributed by atoms with van der Waals surface area (Å²) in [4.78, 5) is 14.6. The van der Waals surface area contributed by atoms with Crippen LogP contribution in [0.4, 0.5) is 0 Å². The van der Waals surface area contributed by atoms with Crippen LogP contribution in [0.15, 0.2) is 59.5 Å². The molecule has 1 aliphatic heterocycles. The lowest BCUT2D eigenvalue weighted by atomic mass is 9.90. The number of likely N-dealkylation sites (tertiary alicyclic amines) is 1. The molecule has 0 aliphatic carbocycles. The number of carbonyl (C=O) groups is 1. The second-order valence-electron chi connectivity index (χ2n) is 7.48. The van der Waals surface area contributed by atoms with Crippen LogP contribution in [0.1, 0.15) is 25.3 Å². The number of nitrogens with one attached hydrogen (secondary N) is 1. The molecule has 1 N–H and O–H groups in total. The minimum Gasteiger partial charge on any atom is -0.497 e. The number of sulfonamides is 1. The van der Waals surface area contributed by atoms with Gasteiger partial charge in [-0.05, 0) is 61.9 Å². The molecule has 0 radical (unpaired) electrons. The fraction of sp³-hybridized carbons (Fsp3) is 0.409. The van der Waals surface area contributed by atoms with Gasteiger partial charge in [0.1, 0.15) is 5.75 Å². The fourth-order valence-corrected chi connectivity index (χ4v) is 4.88. The van der Waals surface area contributed by atoms with Gasteiger partial charge in [-0.15, -0.1) is 0 Å². The number of ether oxygens (including phenoxy) is 1. The van der Waals surface area contributed by atoms with E-state index in [-0.39, 0.29) is 10.8 Å². The number of piperidine rings is 1. The number of nitrogens with zero attached hydrogens (tertiary/aromatic N) is 1. The quantitative estimate of drug-likeness (QED) is 0.753. The van der Waals surface area contributed by atoms with Crippen LogP contribution in [-0.4, -0.2) is 45.5 Å². The van der Waals surface area contributed by atoms with Gasteiger partial charge < -0.3 is 9.64 Å². The van der Waals surface area contributed by atoms with Crippen LogP contribution in [0.3, 0.4) is 0 Å². The third-order valence-corrected chi connectivity index (χ3v) is 6.92. The van der Waals surface area contributed by atoms with Gasteiger partial charge in [0.25, 0.3) is 0 Å². The molecule has 0 bridgehead atoms. The summed E-state index contributed by atoms with van der Waals surface area (Å²) in [6, 6.07) is 15.7. The molecular weight excluding hydrogens is 388 g/mol. The van der Waals surface area contributed by atoms with E-state index in [1.165, 1.54) is 24.8 Å². The number of hydrogen-bond acceptors (Lipinski definition) is 4. The van der Waals surface area contributed by atoms with Crippen LogP contribution in [0.25, 0.3) is 0 Å². The standard InChI is InChI=1S/C22H28N2O4S/c1-17(23-29(26,27)21-10-8-20(28-2)9-11-21)22(25)24-14-12-19(13-15-24)16-18-6-4-3-5-7-18/h3-11,17,19,23H,12-16H2,1-2H3/t17-/m1/s1. The maximum atomic E-state index is 12.8. The predicted octanol–water partition coefficient (Wildman–Crippen LogP) is 2.84. The first kappa shape index (κ1) is 21.3. The topological polar surface area (TPSA) is 75.7 Å². The third-order valence-electron chi connectivity index (χ3n) is 5.37. The molecule has 1 aliphatic rings. The molecule has 156 valence electrons. The van der Waals surface area contributed by atoms with Gasteiger partial charge >= 0.3 is 0 Å². The van der Waals surface area contributed by atoms with Crippen molar-refractivity contribution in [1.82, 2.24) is 9.62 Å². The average molecular weight is 417 g/mol. The van der Waals surface area contributed by atoms with E-state index >= 15 is 0 Å². The van der Waals surface area contributed by atoms with Gasteiger partial charge in [0.05, 0.1) is 18.0 Å². The van der Waals surface area contributed by atoms with E-state index in [0.717, 1.165) is 19.3 Å². The Balaban J connectivity index is 1.53. The molecule has 0 spiro atoms. The normalized spacial score (nSPS) is 16.4. The molecule has 2 aromatic carbocycles. The lowest BCUT2D eigenvalue weighted by molar-refractivity contribution is -0.133. The van der Waals surface area contributed by atoms with Gasteiger partial charge in [-0.2, -0.15) is 4.72 Å². The van der Waals surface area contributed by atoms with Crippen molar-refractivity contribution in [3.8, 4) is 5.75 Å². The van der Waals surface area contributed by atoms with Gasteiger partial charge in [0.2, 0.25) is 15.9 Å². The smallest absolute Gasteiger partial charge is 0.241 e. The molecule has 29 heavy (non-hydrogen) atoms. The Morgan fingerprint density at radius 3 is 2.31 bits per heavy atom. The number of benzene rings is 2. The van der Waals surface area contributed by atoms with Crippen LogP contribution in [-0.2, 0) is 21.2 Å². The maximum Gasteiger partial charge on any atom is 0.241 e. The molecule has 1 fully saturated rings. The van der Waals surface area contributed by atoms with Crippen LogP contribution < -0.4 is 9.46 Å². The lowest BCUT2D eigenvalue weighted by Crippen LogP contribution is -2.49. The number of carbonyl (C=O) groups excluding carboxylic acids is 1. The summed E-state index contributed by atoms with van der Waals surface area (Å²) in [5, 5.41) is 0. The summed E-state index contributed by atoms with van der Waals surface area (Å²) < 4.78 is 32.7. The molecule has 7 heteroatoms. The van der Waals surface area contributed by atoms with Gasteiger partial charge in [-0.25, -0.2) is 8.42 Å². The summed E-state index contributed by atoms with van der Waals surface area (Å²) in [5.41, 5.74) is 1.32. The zero-order valence-corrected chi connectivity index (χ0v) is 17.7. The molecule has 1 saturated heterocycles. The van der Waals surface area contributed by atoms with Crippen LogP contribution in [0.5, 0.6) is 5.75 Å². The van der Waals surface area contributed by atoms with Crippen molar-refractivity contribution >= 4 is 15.9 Å². The highest BCUT2D eigenvalue weighted by atomic mass is 32.2. The first-order chi connectivity index (χ1) is 13.9. The molecule has 3 rings (SSSR count). The zero-order valence-electron chi connectivity index (χ0n) is 16.9. The molecule has 0 aromatic heterocycles. The van der Waals surface area contributed by atoms with Crippen LogP contribution >= 0.6 is 0 Å². The van der Waals surface area contributed by atoms with E-state index in [1.807, 2.05) is 18.2 Å². The molecule has 0 unspecified atom stereocenters. The Morgan fingerprint density at radius 2 is 1.72 bits per heavy atom. The van der Waals surface area contributed by atoms with Crippen LogP contribution in [0.2, 0.25) is 0 Å². The number of amides is 1. The highest BCUT2D eigenvalue weighted by Gasteiger charge is 2.29. The number of methoxy groups -OCH3 is 1. The molecule has 1 heterocycles. The van der Waals surface area contributed by atoms with E-state index in [4.69, 9.17) is 4.74 Å². The summed E-state index contributed by atoms with van der Waals surface area (Å²) in [7, 11) is -2.25. The molecule has 0 saturated carbocycles. The van der Waals surface area contributed by atoms with Crippen molar-refractivity contribution in [2.45, 2.75) is 37.1 Å². The summed E-state index contributed by atoms with van der Waals surface area (Å²) in [6.07, 6.45) is 2.87. The van der Waals surface area contributed by atoms with E-state index in [2.05, 4.69) is 16.9 Å². The number of rotatable bonds is 7. The highest BCUT2D eigenvalue weighted by Crippen LogP contribution is 2.22. The Labute approximate surface area is 172 Å². The van der Waals surface area contributed by atoms with Crippen molar-refractivity contribution < 1.29 is 17.9 Å². The maximum absolute atomic E-state index is 12.8. The van der Waals surface area contributed by atoms with Gasteiger partial charge in [-0.1, -0.05) is 30.3 Å². The minimum absolute atomic E-state index is 0.111. The molecule has 6 nitrogen and oxygen atoms in total. The van der Waals surface area contributed by atoms with E-state index in [9.17, 15) is 13.2 Å². The SMILES string of the molecule is COc1ccc(S(=O)(=O)N[C@H](C)C(=O)N2CCC(Cc3ccccc3)CC2)cc1. The molecule has 2 aromatic rings. The Bertz CT molecular complexity index is 906. The Kier molecular flexibility index (Phi) is 6.92. The Morgan fingerprint density at radius 1 is 1.10 bits per heavy atom. The van der Waals surface area contributed by atoms with Crippen molar-refractivity contribution in [1.29, 1.82) is 0 Å². The first-order valence-electron chi connectivity index (χ1n) is 9.88. The van der Waals surface area contributed by atoms with Gasteiger partial charge in [0.15, 0.2) is 0 Å². The number of hydrogen-bond donors (Lipinski definition) is 1. The van der Waals surface area contributed by atoms with Crippen molar-refractivity contribution in [2.24, 2.45) is 5.92 Å². The van der Waals surface area contributed by atoms with Crippen molar-refractivity contribution in [2.75, 3.05) is 20.2 Å². The predicted molar refractivity (Wildman–Crippen MR) is 112 cm³/mol. The molecule has 1 atom stereocenters. The van der Waals surface area contributed by atoms with E-state index in [0.29, 0.717) is 24.8 Å². The lowest BCUT2D eigenvalue weighted by Gasteiger charge is -2.33. The average Bonchev–Trinajstić information content (AvgIpc) is 2.74. The molecule has 1 amide bonds. The summed E-state index contributed by atoms with van der Waals surface area (Å²) >= 11 is 0. The van der Waals surface area contributed by atoms with Crippen LogP contribution in [0, 0.1) is 5.92 Å². The summed E-state index contributed by atoms with van der Waals surface area (Å²) in [5.74, 6) is 0.944. The third kappa shape index (κ3) is 5.58. The monoisotopic (exact) mass is 416 g/mol. The second-order valence-corrected chi connectivity index (χ2v) is 9.19. The first-order valence-corrected chi connectivity index (χ1v) is 11.4. The largest absolute Gasteiger partial charge is 0.497 e. The summed E-state index contributed by atoms with van der Waals surface area (Å²) in [6.45, 7) is 2.91. The van der Waals surface area contributed by atoms with Crippen molar-refractivity contribution in [3.05, 3.63) is 60.2 Å². The van der Waals surface area contributed by atoms with E-state index < -0.39 is 16.1 Å². The minimum atomic E-state index is -3.77. The highest BCUT2D eigenvalue weighted by molar-refractivity contribution is 7.89. The molecular formula is C22H28N2O4S. The second kappa shape index (κ2) is 9.41. The zero-order chi connectivity index (χ0) is 20.9. The Hall–Kier alpha value is -2.38. The fourth-order valence-electron chi connectivity index (χ4n) is 3.68. The van der Waals surface area contributed by atoms with Crippen molar-refractivity contribution in [3.63, 3.8) is 0 Å². The van der Waals surface area contributed by atoms with Gasteiger partial charge in [-0.3, -0.25) is 4.79 Å².